The number of pyridine rings is 1. The molecule has 3 N–H and O–H groups in total. The van der Waals surface area contributed by atoms with E-state index in [1.807, 2.05) is 0 Å². The van der Waals surface area contributed by atoms with Crippen LogP contribution in [-0.4, -0.2) is 35.5 Å². The predicted molar refractivity (Wildman–Crippen MR) is 114 cm³/mol. The highest BCUT2D eigenvalue weighted by Crippen LogP contribution is 2.36. The monoisotopic (exact) mass is 478 g/mol. The number of aromatic nitrogens is 3. The van der Waals surface area contributed by atoms with Gasteiger partial charge in [-0.2, -0.15) is 18.2 Å². The zero-order valence-corrected chi connectivity index (χ0v) is 17.9. The van der Waals surface area contributed by atoms with Crippen LogP contribution in [0.1, 0.15) is 16.8 Å². The summed E-state index contributed by atoms with van der Waals surface area (Å²) in [6.07, 6.45) is -2.91. The lowest BCUT2D eigenvalue weighted by Gasteiger charge is -2.15. The van der Waals surface area contributed by atoms with Crippen LogP contribution in [0, 0.1) is 0 Å². The van der Waals surface area contributed by atoms with Crippen LogP contribution in [0.25, 0.3) is 0 Å². The Kier molecular flexibility index (Phi) is 5.66. The third-order valence-corrected chi connectivity index (χ3v) is 5.69. The van der Waals surface area contributed by atoms with Crippen molar-refractivity contribution in [1.82, 2.24) is 15.0 Å². The van der Waals surface area contributed by atoms with Gasteiger partial charge < -0.3 is 16.0 Å². The van der Waals surface area contributed by atoms with Crippen molar-refractivity contribution >= 4 is 38.9 Å². The number of para-hydroxylation sites is 1. The summed E-state index contributed by atoms with van der Waals surface area (Å²) in [7, 11) is -3.57. The summed E-state index contributed by atoms with van der Waals surface area (Å²) in [4.78, 5) is 23.3. The lowest BCUT2D eigenvalue weighted by Crippen LogP contribution is -2.15. The molecule has 0 bridgehead atoms. The van der Waals surface area contributed by atoms with Gasteiger partial charge in [-0.15, -0.1) is 0 Å². The minimum atomic E-state index is -4.73. The normalized spacial score (nSPS) is 13.4. The Labute approximate surface area is 186 Å². The summed E-state index contributed by atoms with van der Waals surface area (Å²) in [5.74, 6) is -0.833. The second-order valence-electron chi connectivity index (χ2n) is 7.24. The molecule has 0 atom stereocenters. The number of fused-ring (bicyclic) bond motifs is 1. The number of hydrogen-bond donors (Lipinski definition) is 3. The Hall–Kier alpha value is -3.74. The minimum absolute atomic E-state index is 0.127. The molecule has 2 aromatic heterocycles. The second-order valence-corrected chi connectivity index (χ2v) is 9.20. The quantitative estimate of drug-likeness (QED) is 0.493. The van der Waals surface area contributed by atoms with Gasteiger partial charge in [-0.25, -0.2) is 18.4 Å². The number of anilines is 4. The Morgan fingerprint density at radius 1 is 1.12 bits per heavy atom. The fourth-order valence-corrected chi connectivity index (χ4v) is 3.81. The van der Waals surface area contributed by atoms with E-state index in [4.69, 9.17) is 0 Å². The van der Waals surface area contributed by atoms with Crippen LogP contribution in [0.5, 0.6) is 0 Å². The van der Waals surface area contributed by atoms with Crippen LogP contribution < -0.4 is 16.0 Å². The topological polar surface area (TPSA) is 126 Å². The fraction of sp³-hybridized carbons (Fsp3) is 0.200. The van der Waals surface area contributed by atoms with Crippen LogP contribution >= 0.6 is 0 Å². The molecular weight excluding hydrogens is 461 g/mol. The van der Waals surface area contributed by atoms with Crippen molar-refractivity contribution in [2.45, 2.75) is 24.2 Å². The van der Waals surface area contributed by atoms with Gasteiger partial charge in [-0.3, -0.25) is 4.79 Å². The summed E-state index contributed by atoms with van der Waals surface area (Å²) in [5.41, 5.74) is 0.808. The standard InChI is InChI=1S/C20H17F3N6O3S/c1-33(31,32)16-7-3-5-12(26-16)9-24-18-13(20(21,22)23)10-25-19(29-18)27-14-6-2-4-11-8-15(30)28-17(11)14/h2-7,10H,8-9H2,1H3,(H,28,30)(H2,24,25,27,29). The van der Waals surface area contributed by atoms with E-state index >= 15 is 0 Å². The molecule has 1 aliphatic rings. The van der Waals surface area contributed by atoms with Crippen LogP contribution in [0.2, 0.25) is 0 Å². The third-order valence-electron chi connectivity index (χ3n) is 4.70. The van der Waals surface area contributed by atoms with E-state index in [0.29, 0.717) is 17.6 Å². The first-order chi connectivity index (χ1) is 15.5. The Balaban J connectivity index is 1.62. The summed E-state index contributed by atoms with van der Waals surface area (Å²) in [6, 6.07) is 9.32. The van der Waals surface area contributed by atoms with Gasteiger partial charge >= 0.3 is 6.18 Å². The van der Waals surface area contributed by atoms with Gasteiger partial charge in [0.05, 0.1) is 30.0 Å². The number of rotatable bonds is 6. The first-order valence-electron chi connectivity index (χ1n) is 9.53. The number of alkyl halides is 3. The number of sulfone groups is 1. The molecular formula is C20H17F3N6O3S. The maximum atomic E-state index is 13.5. The zero-order chi connectivity index (χ0) is 23.8. The van der Waals surface area contributed by atoms with E-state index in [1.54, 1.807) is 18.2 Å². The van der Waals surface area contributed by atoms with Crippen molar-refractivity contribution < 1.29 is 26.4 Å². The second kappa shape index (κ2) is 8.31. The Morgan fingerprint density at radius 3 is 2.61 bits per heavy atom. The molecule has 0 aliphatic carbocycles. The average Bonchev–Trinajstić information content (AvgIpc) is 3.12. The van der Waals surface area contributed by atoms with E-state index in [9.17, 15) is 26.4 Å². The number of carbonyl (C=O) groups is 1. The summed E-state index contributed by atoms with van der Waals surface area (Å²) in [5, 5.41) is 7.89. The summed E-state index contributed by atoms with van der Waals surface area (Å²) < 4.78 is 63.8. The zero-order valence-electron chi connectivity index (χ0n) is 17.1. The van der Waals surface area contributed by atoms with Gasteiger partial charge in [0, 0.05) is 12.5 Å². The average molecular weight is 478 g/mol. The summed E-state index contributed by atoms with van der Waals surface area (Å²) >= 11 is 0. The molecule has 172 valence electrons. The van der Waals surface area contributed by atoms with Crippen molar-refractivity contribution in [3.05, 3.63) is 59.4 Å². The van der Waals surface area contributed by atoms with Gasteiger partial charge in [0.25, 0.3) is 0 Å². The fourth-order valence-electron chi connectivity index (χ4n) is 3.20. The van der Waals surface area contributed by atoms with Gasteiger partial charge in [0.2, 0.25) is 11.9 Å². The van der Waals surface area contributed by atoms with E-state index in [1.165, 1.54) is 18.2 Å². The maximum absolute atomic E-state index is 13.5. The molecule has 0 radical (unpaired) electrons. The van der Waals surface area contributed by atoms with Crippen LogP contribution in [0.15, 0.2) is 47.6 Å². The van der Waals surface area contributed by atoms with Gasteiger partial charge in [0.15, 0.2) is 14.9 Å². The first kappa shape index (κ1) is 22.5. The molecule has 1 aliphatic heterocycles. The molecule has 3 aromatic rings. The molecule has 0 saturated heterocycles. The highest BCUT2D eigenvalue weighted by atomic mass is 32.2. The molecule has 3 heterocycles. The molecule has 33 heavy (non-hydrogen) atoms. The van der Waals surface area contributed by atoms with E-state index in [-0.39, 0.29) is 35.5 Å². The molecule has 4 rings (SSSR count). The molecule has 0 fully saturated rings. The number of nitrogens with zero attached hydrogens (tertiary/aromatic N) is 3. The minimum Gasteiger partial charge on any atom is -0.364 e. The van der Waals surface area contributed by atoms with Crippen molar-refractivity contribution in [3.8, 4) is 0 Å². The number of halogens is 3. The number of carbonyl (C=O) groups excluding carboxylic acids is 1. The lowest BCUT2D eigenvalue weighted by molar-refractivity contribution is -0.137. The first-order valence-corrected chi connectivity index (χ1v) is 11.4. The SMILES string of the molecule is CS(=O)(=O)c1cccc(CNc2nc(Nc3cccc4c3NC(=O)C4)ncc2C(F)(F)F)n1. The molecule has 0 saturated carbocycles. The number of benzene rings is 1. The Bertz CT molecular complexity index is 1350. The molecule has 0 spiro atoms. The highest BCUT2D eigenvalue weighted by Gasteiger charge is 2.35. The highest BCUT2D eigenvalue weighted by molar-refractivity contribution is 7.90. The molecule has 1 aromatic carbocycles. The number of hydrogen-bond acceptors (Lipinski definition) is 8. The molecule has 13 heteroatoms. The van der Waals surface area contributed by atoms with E-state index in [2.05, 4.69) is 30.9 Å². The van der Waals surface area contributed by atoms with Crippen LogP contribution in [0.3, 0.4) is 0 Å². The Morgan fingerprint density at radius 2 is 1.88 bits per heavy atom. The molecule has 0 unspecified atom stereocenters. The maximum Gasteiger partial charge on any atom is 0.421 e. The molecule has 9 nitrogen and oxygen atoms in total. The van der Waals surface area contributed by atoms with Gasteiger partial charge in [-0.1, -0.05) is 18.2 Å². The number of nitrogens with one attached hydrogen (secondary N) is 3. The van der Waals surface area contributed by atoms with Gasteiger partial charge in [0.1, 0.15) is 11.4 Å². The van der Waals surface area contributed by atoms with Crippen molar-refractivity contribution in [2.75, 3.05) is 22.2 Å². The largest absolute Gasteiger partial charge is 0.421 e. The van der Waals surface area contributed by atoms with E-state index in [0.717, 1.165) is 11.8 Å². The molecule has 1 amide bonds. The van der Waals surface area contributed by atoms with E-state index < -0.39 is 27.4 Å². The third kappa shape index (κ3) is 5.03. The van der Waals surface area contributed by atoms with Gasteiger partial charge in [-0.05, 0) is 23.8 Å². The smallest absolute Gasteiger partial charge is 0.364 e. The van der Waals surface area contributed by atoms with Crippen molar-refractivity contribution in [2.24, 2.45) is 0 Å². The van der Waals surface area contributed by atoms with Crippen molar-refractivity contribution in [1.29, 1.82) is 0 Å². The predicted octanol–water partition coefficient (Wildman–Crippen LogP) is 3.14. The number of amides is 1. The van der Waals surface area contributed by atoms with Crippen LogP contribution in [-0.2, 0) is 33.8 Å². The van der Waals surface area contributed by atoms with Crippen LogP contribution in [0.4, 0.5) is 36.3 Å². The summed E-state index contributed by atoms with van der Waals surface area (Å²) in [6.45, 7) is -0.209. The van der Waals surface area contributed by atoms with Crippen molar-refractivity contribution in [3.63, 3.8) is 0 Å². The lowest BCUT2D eigenvalue weighted by atomic mass is 10.1.